The molecule has 22 heavy (non-hydrogen) atoms. The Hall–Kier alpha value is -3.28. The third-order valence-corrected chi connectivity index (χ3v) is 3.16. The van der Waals surface area contributed by atoms with Gasteiger partial charge in [-0.1, -0.05) is 24.3 Å². The molecule has 1 aromatic heterocycles. The number of non-ortho nitro benzene ring substituents is 1. The Morgan fingerprint density at radius 3 is 2.64 bits per heavy atom. The summed E-state index contributed by atoms with van der Waals surface area (Å²) >= 11 is 0. The fraction of sp³-hybridized carbons (Fsp3) is 0. The Kier molecular flexibility index (Phi) is 3.74. The molecular formula is C16H12N4O2. The summed E-state index contributed by atoms with van der Waals surface area (Å²) in [6.45, 7) is 0. The second-order valence-corrected chi connectivity index (χ2v) is 4.60. The van der Waals surface area contributed by atoms with Gasteiger partial charge in [-0.3, -0.25) is 15.5 Å². The highest BCUT2D eigenvalue weighted by Crippen LogP contribution is 2.20. The number of nitrogens with zero attached hydrogens (tertiary/aromatic N) is 3. The van der Waals surface area contributed by atoms with Gasteiger partial charge in [-0.15, -0.1) is 0 Å². The van der Waals surface area contributed by atoms with Crippen LogP contribution in [0.3, 0.4) is 0 Å². The number of hydrogen-bond acceptors (Lipinski definition) is 5. The van der Waals surface area contributed by atoms with Crippen LogP contribution in [0, 0.1) is 10.1 Å². The standard InChI is InChI=1S/C16H12N4O2/c21-20(22)14-7-5-12(6-8-14)11-18-19-16-15-4-2-1-3-13(15)9-10-17-16/h1-11H,(H,17,19)/b18-11+. The van der Waals surface area contributed by atoms with Crippen molar-refractivity contribution in [3.05, 3.63) is 76.5 Å². The number of anilines is 1. The lowest BCUT2D eigenvalue weighted by Crippen LogP contribution is -1.94. The summed E-state index contributed by atoms with van der Waals surface area (Å²) in [6.07, 6.45) is 3.30. The van der Waals surface area contributed by atoms with Crippen molar-refractivity contribution in [1.29, 1.82) is 0 Å². The lowest BCUT2D eigenvalue weighted by Gasteiger charge is -2.03. The van der Waals surface area contributed by atoms with Gasteiger partial charge in [-0.2, -0.15) is 5.10 Å². The minimum atomic E-state index is -0.431. The maximum atomic E-state index is 10.6. The van der Waals surface area contributed by atoms with E-state index in [0.717, 1.165) is 16.3 Å². The normalized spacial score (nSPS) is 10.9. The monoisotopic (exact) mass is 292 g/mol. The van der Waals surface area contributed by atoms with Gasteiger partial charge in [0.2, 0.25) is 0 Å². The molecule has 1 heterocycles. The number of benzene rings is 2. The fourth-order valence-corrected chi connectivity index (χ4v) is 2.06. The van der Waals surface area contributed by atoms with Crippen LogP contribution in [0.5, 0.6) is 0 Å². The maximum absolute atomic E-state index is 10.6. The molecule has 0 amide bonds. The van der Waals surface area contributed by atoms with Crippen LogP contribution in [-0.2, 0) is 0 Å². The molecule has 108 valence electrons. The minimum absolute atomic E-state index is 0.0563. The highest BCUT2D eigenvalue weighted by atomic mass is 16.6. The molecule has 3 aromatic rings. The number of nitro benzene ring substituents is 1. The van der Waals surface area contributed by atoms with Crippen molar-refractivity contribution in [3.63, 3.8) is 0 Å². The average molecular weight is 292 g/mol. The number of aromatic nitrogens is 1. The molecule has 0 aliphatic carbocycles. The molecule has 0 atom stereocenters. The highest BCUT2D eigenvalue weighted by molar-refractivity contribution is 5.92. The minimum Gasteiger partial charge on any atom is -0.261 e. The highest BCUT2D eigenvalue weighted by Gasteiger charge is 2.03. The molecule has 6 nitrogen and oxygen atoms in total. The molecule has 0 spiro atoms. The lowest BCUT2D eigenvalue weighted by molar-refractivity contribution is -0.384. The van der Waals surface area contributed by atoms with Gasteiger partial charge < -0.3 is 0 Å². The van der Waals surface area contributed by atoms with Crippen LogP contribution in [0.4, 0.5) is 11.5 Å². The molecule has 1 N–H and O–H groups in total. The first-order chi connectivity index (χ1) is 10.7. The first-order valence-corrected chi connectivity index (χ1v) is 6.61. The van der Waals surface area contributed by atoms with Crippen LogP contribution in [-0.4, -0.2) is 16.1 Å². The maximum Gasteiger partial charge on any atom is 0.269 e. The van der Waals surface area contributed by atoms with E-state index in [-0.39, 0.29) is 5.69 Å². The number of pyridine rings is 1. The first kappa shape index (κ1) is 13.7. The Morgan fingerprint density at radius 1 is 1.09 bits per heavy atom. The SMILES string of the molecule is O=[N+]([O-])c1ccc(/C=N/Nc2nccc3ccccc23)cc1. The molecule has 0 saturated carbocycles. The third-order valence-electron chi connectivity index (χ3n) is 3.16. The lowest BCUT2D eigenvalue weighted by atomic mass is 10.2. The fourth-order valence-electron chi connectivity index (χ4n) is 2.06. The van der Waals surface area contributed by atoms with Crippen LogP contribution < -0.4 is 5.43 Å². The Morgan fingerprint density at radius 2 is 1.86 bits per heavy atom. The molecule has 3 rings (SSSR count). The second kappa shape index (κ2) is 6.01. The van der Waals surface area contributed by atoms with Gasteiger partial charge >= 0.3 is 0 Å². The predicted molar refractivity (Wildman–Crippen MR) is 86.1 cm³/mol. The summed E-state index contributed by atoms with van der Waals surface area (Å²) < 4.78 is 0. The van der Waals surface area contributed by atoms with Crippen LogP contribution in [0.2, 0.25) is 0 Å². The van der Waals surface area contributed by atoms with Gasteiger partial charge in [0.1, 0.15) is 0 Å². The topological polar surface area (TPSA) is 80.4 Å². The van der Waals surface area contributed by atoms with E-state index in [1.807, 2.05) is 30.3 Å². The summed E-state index contributed by atoms with van der Waals surface area (Å²) in [5.74, 6) is 0.663. The molecule has 0 bridgehead atoms. The van der Waals surface area contributed by atoms with Crippen molar-refractivity contribution in [3.8, 4) is 0 Å². The van der Waals surface area contributed by atoms with E-state index >= 15 is 0 Å². The van der Waals surface area contributed by atoms with Gasteiger partial charge in [0.15, 0.2) is 5.82 Å². The van der Waals surface area contributed by atoms with Gasteiger partial charge in [0.25, 0.3) is 5.69 Å². The molecule has 0 unspecified atom stereocenters. The second-order valence-electron chi connectivity index (χ2n) is 4.60. The first-order valence-electron chi connectivity index (χ1n) is 6.61. The molecular weight excluding hydrogens is 280 g/mol. The van der Waals surface area contributed by atoms with E-state index in [0.29, 0.717) is 5.82 Å². The number of hydrogen-bond donors (Lipinski definition) is 1. The van der Waals surface area contributed by atoms with Gasteiger partial charge in [-0.25, -0.2) is 4.98 Å². The number of nitro groups is 1. The van der Waals surface area contributed by atoms with E-state index in [9.17, 15) is 10.1 Å². The summed E-state index contributed by atoms with van der Waals surface area (Å²) in [6, 6.07) is 16.0. The Labute approximate surface area is 126 Å². The molecule has 0 aliphatic heterocycles. The van der Waals surface area contributed by atoms with Crippen LogP contribution in [0.15, 0.2) is 65.9 Å². The number of nitrogens with one attached hydrogen (secondary N) is 1. The zero-order chi connectivity index (χ0) is 15.4. The smallest absolute Gasteiger partial charge is 0.261 e. The zero-order valence-corrected chi connectivity index (χ0v) is 11.5. The predicted octanol–water partition coefficient (Wildman–Crippen LogP) is 3.59. The van der Waals surface area contributed by atoms with Gasteiger partial charge in [-0.05, 0) is 29.1 Å². The molecule has 0 aliphatic rings. The largest absolute Gasteiger partial charge is 0.269 e. The molecule has 0 fully saturated rings. The Bertz CT molecular complexity index is 839. The zero-order valence-electron chi connectivity index (χ0n) is 11.5. The van der Waals surface area contributed by atoms with Crippen LogP contribution in [0.1, 0.15) is 5.56 Å². The van der Waals surface area contributed by atoms with Crippen molar-refractivity contribution in [2.75, 3.05) is 5.43 Å². The van der Waals surface area contributed by atoms with Gasteiger partial charge in [0.05, 0.1) is 11.1 Å². The number of hydrazone groups is 1. The average Bonchev–Trinajstić information content (AvgIpc) is 2.55. The molecule has 2 aromatic carbocycles. The number of rotatable bonds is 4. The van der Waals surface area contributed by atoms with E-state index < -0.39 is 4.92 Å². The van der Waals surface area contributed by atoms with Crippen molar-refractivity contribution >= 4 is 28.5 Å². The summed E-state index contributed by atoms with van der Waals surface area (Å²) in [4.78, 5) is 14.4. The number of fused-ring (bicyclic) bond motifs is 1. The van der Waals surface area contributed by atoms with E-state index in [4.69, 9.17) is 0 Å². The molecule has 0 radical (unpaired) electrons. The van der Waals surface area contributed by atoms with Crippen LogP contribution >= 0.6 is 0 Å². The van der Waals surface area contributed by atoms with E-state index in [1.54, 1.807) is 24.5 Å². The van der Waals surface area contributed by atoms with E-state index in [2.05, 4.69) is 15.5 Å². The van der Waals surface area contributed by atoms with E-state index in [1.165, 1.54) is 12.1 Å². The summed E-state index contributed by atoms with van der Waals surface area (Å²) in [5, 5.41) is 16.8. The van der Waals surface area contributed by atoms with Crippen molar-refractivity contribution in [2.24, 2.45) is 5.10 Å². The van der Waals surface area contributed by atoms with Crippen molar-refractivity contribution in [2.45, 2.75) is 0 Å². The van der Waals surface area contributed by atoms with Crippen molar-refractivity contribution < 1.29 is 4.92 Å². The van der Waals surface area contributed by atoms with Crippen LogP contribution in [0.25, 0.3) is 10.8 Å². The quantitative estimate of drug-likeness (QED) is 0.452. The molecule has 6 heteroatoms. The Balaban J connectivity index is 1.77. The third kappa shape index (κ3) is 2.90. The van der Waals surface area contributed by atoms with Gasteiger partial charge in [0, 0.05) is 23.7 Å². The summed E-state index contributed by atoms with van der Waals surface area (Å²) in [5.41, 5.74) is 3.72. The summed E-state index contributed by atoms with van der Waals surface area (Å²) in [7, 11) is 0. The molecule has 0 saturated heterocycles. The van der Waals surface area contributed by atoms with Crippen molar-refractivity contribution in [1.82, 2.24) is 4.98 Å².